The van der Waals surface area contributed by atoms with Crippen molar-refractivity contribution in [1.82, 2.24) is 19.9 Å². The van der Waals surface area contributed by atoms with Gasteiger partial charge in [-0.15, -0.1) is 11.3 Å². The lowest BCUT2D eigenvalue weighted by Gasteiger charge is -2.08. The summed E-state index contributed by atoms with van der Waals surface area (Å²) < 4.78 is 2.53. The van der Waals surface area contributed by atoms with Crippen LogP contribution in [-0.4, -0.2) is 27.0 Å². The zero-order chi connectivity index (χ0) is 19.5. The van der Waals surface area contributed by atoms with Gasteiger partial charge >= 0.3 is 0 Å². The van der Waals surface area contributed by atoms with E-state index in [1.807, 2.05) is 37.3 Å². The third kappa shape index (κ3) is 3.80. The van der Waals surface area contributed by atoms with Gasteiger partial charge in [-0.2, -0.15) is 0 Å². The molecular weight excluding hydrogens is 372 g/mol. The van der Waals surface area contributed by atoms with Crippen molar-refractivity contribution in [3.8, 4) is 0 Å². The molecule has 2 heterocycles. The van der Waals surface area contributed by atoms with Crippen LogP contribution in [0.2, 0.25) is 0 Å². The van der Waals surface area contributed by atoms with E-state index in [2.05, 4.69) is 21.4 Å². The molecule has 0 radical (unpaired) electrons. The molecule has 2 aromatic carbocycles. The van der Waals surface area contributed by atoms with Crippen LogP contribution in [0.4, 0.5) is 0 Å². The molecule has 4 rings (SSSR count). The largest absolute Gasteiger partial charge is 0.355 e. The molecule has 0 saturated heterocycles. The molecule has 0 fully saturated rings. The Morgan fingerprint density at radius 2 is 2.04 bits per heavy atom. The summed E-state index contributed by atoms with van der Waals surface area (Å²) in [5.41, 5.74) is 2.45. The lowest BCUT2D eigenvalue weighted by molar-refractivity contribution is -0.121. The van der Waals surface area contributed by atoms with E-state index in [0.29, 0.717) is 17.4 Å². The molecule has 0 saturated carbocycles. The van der Waals surface area contributed by atoms with E-state index in [4.69, 9.17) is 0 Å². The first kappa shape index (κ1) is 18.3. The molecular formula is C21H20N4O2S. The van der Waals surface area contributed by atoms with Crippen molar-refractivity contribution in [2.24, 2.45) is 0 Å². The summed E-state index contributed by atoms with van der Waals surface area (Å²) in [5.74, 6) is -0.194. The molecule has 6 nitrogen and oxygen atoms in total. The van der Waals surface area contributed by atoms with Gasteiger partial charge in [0, 0.05) is 13.0 Å². The van der Waals surface area contributed by atoms with Crippen LogP contribution in [0.1, 0.15) is 17.0 Å². The second-order valence-electron chi connectivity index (χ2n) is 6.68. The number of aryl methyl sites for hydroxylation is 2. The highest BCUT2D eigenvalue weighted by Crippen LogP contribution is 2.22. The lowest BCUT2D eigenvalue weighted by Crippen LogP contribution is -2.33. The molecule has 4 aromatic rings. The van der Waals surface area contributed by atoms with Crippen LogP contribution in [0.15, 0.2) is 53.6 Å². The number of carbonyl (C=O) groups is 1. The van der Waals surface area contributed by atoms with Crippen molar-refractivity contribution in [2.45, 2.75) is 26.3 Å². The predicted octanol–water partition coefficient (Wildman–Crippen LogP) is 3.06. The van der Waals surface area contributed by atoms with Crippen LogP contribution < -0.4 is 10.9 Å². The summed E-state index contributed by atoms with van der Waals surface area (Å²) in [6.45, 7) is 2.43. The topological polar surface area (TPSA) is 76.9 Å². The maximum absolute atomic E-state index is 12.6. The second-order valence-corrected chi connectivity index (χ2v) is 7.79. The van der Waals surface area contributed by atoms with Gasteiger partial charge in [0.25, 0.3) is 5.56 Å². The van der Waals surface area contributed by atoms with E-state index in [9.17, 15) is 9.59 Å². The molecule has 0 bridgehead atoms. The number of amides is 1. The molecule has 28 heavy (non-hydrogen) atoms. The number of benzene rings is 2. The van der Waals surface area contributed by atoms with Gasteiger partial charge in [-0.3, -0.25) is 14.2 Å². The minimum Gasteiger partial charge on any atom is -0.355 e. The van der Waals surface area contributed by atoms with Crippen molar-refractivity contribution in [3.63, 3.8) is 0 Å². The molecule has 0 atom stereocenters. The minimum absolute atomic E-state index is 0.0309. The van der Waals surface area contributed by atoms with Gasteiger partial charge in [0.05, 0.1) is 32.5 Å². The number of fused-ring (bicyclic) bond motifs is 2. The first-order valence-corrected chi connectivity index (χ1v) is 9.99. The Morgan fingerprint density at radius 3 is 2.89 bits per heavy atom. The van der Waals surface area contributed by atoms with Crippen molar-refractivity contribution < 1.29 is 4.79 Å². The molecule has 1 amide bonds. The number of rotatable bonds is 6. The van der Waals surface area contributed by atoms with Gasteiger partial charge in [-0.05, 0) is 37.1 Å². The van der Waals surface area contributed by atoms with Gasteiger partial charge in [-0.1, -0.05) is 24.3 Å². The second kappa shape index (κ2) is 7.90. The van der Waals surface area contributed by atoms with Gasteiger partial charge in [0.2, 0.25) is 5.91 Å². The van der Waals surface area contributed by atoms with Crippen LogP contribution in [0.3, 0.4) is 0 Å². The summed E-state index contributed by atoms with van der Waals surface area (Å²) in [6, 6.07) is 13.5. The number of hydrogen-bond acceptors (Lipinski definition) is 5. The third-order valence-corrected chi connectivity index (χ3v) is 5.69. The number of carbonyl (C=O) groups excluding carboxylic acids is 1. The van der Waals surface area contributed by atoms with Crippen molar-refractivity contribution in [2.75, 3.05) is 6.54 Å². The summed E-state index contributed by atoms with van der Waals surface area (Å²) in [7, 11) is 0. The summed E-state index contributed by atoms with van der Waals surface area (Å²) in [4.78, 5) is 33.7. The van der Waals surface area contributed by atoms with Crippen LogP contribution >= 0.6 is 11.3 Å². The number of nitrogens with zero attached hydrogens (tertiary/aromatic N) is 3. The summed E-state index contributed by atoms with van der Waals surface area (Å²) in [5, 5.41) is 4.48. The van der Waals surface area contributed by atoms with E-state index < -0.39 is 0 Å². The Hall–Kier alpha value is -3.06. The maximum atomic E-state index is 12.6. The SMILES string of the molecule is Cc1cccc2c(=O)n(CC(=O)NCCCc3nc4ccccc4s3)cnc12. The number of hydrogen-bond donors (Lipinski definition) is 1. The first-order valence-electron chi connectivity index (χ1n) is 9.18. The fraction of sp³-hybridized carbons (Fsp3) is 0.238. The molecule has 0 unspecified atom stereocenters. The highest BCUT2D eigenvalue weighted by atomic mass is 32.1. The van der Waals surface area contributed by atoms with Gasteiger partial charge in [0.1, 0.15) is 6.54 Å². The zero-order valence-electron chi connectivity index (χ0n) is 15.5. The molecule has 2 aromatic heterocycles. The molecule has 7 heteroatoms. The van der Waals surface area contributed by atoms with Gasteiger partial charge in [0.15, 0.2) is 0 Å². The number of aromatic nitrogens is 3. The Kier molecular flexibility index (Phi) is 5.16. The molecule has 0 aliphatic carbocycles. The standard InChI is InChI=1S/C21H20N4O2S/c1-14-6-4-7-15-20(14)23-13-25(21(15)27)12-18(26)22-11-5-10-19-24-16-8-2-3-9-17(16)28-19/h2-4,6-9,13H,5,10-12H2,1H3,(H,22,26). The fourth-order valence-electron chi connectivity index (χ4n) is 3.16. The van der Waals surface area contributed by atoms with E-state index >= 15 is 0 Å². The first-order chi connectivity index (χ1) is 13.6. The van der Waals surface area contributed by atoms with Crippen LogP contribution in [-0.2, 0) is 17.8 Å². The lowest BCUT2D eigenvalue weighted by atomic mass is 10.1. The average Bonchev–Trinajstić information content (AvgIpc) is 3.11. The Bertz CT molecular complexity index is 1180. The zero-order valence-corrected chi connectivity index (χ0v) is 16.3. The quantitative estimate of drug-likeness (QED) is 0.512. The minimum atomic E-state index is -0.196. The van der Waals surface area contributed by atoms with Gasteiger partial charge in [-0.25, -0.2) is 9.97 Å². The normalized spacial score (nSPS) is 11.2. The molecule has 0 aliphatic rings. The van der Waals surface area contributed by atoms with E-state index in [1.54, 1.807) is 17.4 Å². The van der Waals surface area contributed by atoms with E-state index in [0.717, 1.165) is 28.9 Å². The Labute approximate surface area is 165 Å². The highest BCUT2D eigenvalue weighted by Gasteiger charge is 2.09. The van der Waals surface area contributed by atoms with Crippen molar-refractivity contribution in [1.29, 1.82) is 0 Å². The molecule has 1 N–H and O–H groups in total. The van der Waals surface area contributed by atoms with E-state index in [1.165, 1.54) is 15.6 Å². The average molecular weight is 392 g/mol. The smallest absolute Gasteiger partial charge is 0.261 e. The van der Waals surface area contributed by atoms with Crippen molar-refractivity contribution in [3.05, 3.63) is 69.7 Å². The number of nitrogens with one attached hydrogen (secondary N) is 1. The third-order valence-electron chi connectivity index (χ3n) is 4.60. The van der Waals surface area contributed by atoms with Crippen LogP contribution in [0.25, 0.3) is 21.1 Å². The Morgan fingerprint density at radius 1 is 1.18 bits per heavy atom. The summed E-state index contributed by atoms with van der Waals surface area (Å²) in [6.07, 6.45) is 3.06. The van der Waals surface area contributed by atoms with Gasteiger partial charge < -0.3 is 5.32 Å². The maximum Gasteiger partial charge on any atom is 0.261 e. The highest BCUT2D eigenvalue weighted by molar-refractivity contribution is 7.18. The van der Waals surface area contributed by atoms with Crippen LogP contribution in [0, 0.1) is 6.92 Å². The number of para-hydroxylation sites is 2. The van der Waals surface area contributed by atoms with E-state index in [-0.39, 0.29) is 18.0 Å². The molecule has 0 aliphatic heterocycles. The van der Waals surface area contributed by atoms with Crippen molar-refractivity contribution >= 4 is 38.4 Å². The summed E-state index contributed by atoms with van der Waals surface area (Å²) >= 11 is 1.69. The molecule has 142 valence electrons. The fourth-order valence-corrected chi connectivity index (χ4v) is 4.16. The van der Waals surface area contributed by atoms with Crippen LogP contribution in [0.5, 0.6) is 0 Å². The Balaban J connectivity index is 1.33. The molecule has 0 spiro atoms. The number of thiazole rings is 1. The predicted molar refractivity (Wildman–Crippen MR) is 112 cm³/mol. The monoisotopic (exact) mass is 392 g/mol.